The van der Waals surface area contributed by atoms with Crippen molar-refractivity contribution in [1.82, 2.24) is 9.62 Å². The normalized spacial score (nSPS) is 12.0. The van der Waals surface area contributed by atoms with E-state index < -0.39 is 10.0 Å². The van der Waals surface area contributed by atoms with Crippen molar-refractivity contribution in [2.24, 2.45) is 0 Å². The Hall–Kier alpha value is -1.40. The standard InChI is InChI=1S/C16H26N2O3S/c1-12(2)15-6-8-16(9-7-15)22(20,21)17-10-11-18(13(3)4)14(5)19/h6-9,12-13,17H,10-11H2,1-5H3. The second-order valence-electron chi connectivity index (χ2n) is 5.93. The number of sulfonamides is 1. The fourth-order valence-corrected chi connectivity index (χ4v) is 3.22. The van der Waals surface area contributed by atoms with Gasteiger partial charge in [-0.05, 0) is 37.5 Å². The lowest BCUT2D eigenvalue weighted by Crippen LogP contribution is -2.41. The van der Waals surface area contributed by atoms with Gasteiger partial charge in [-0.1, -0.05) is 26.0 Å². The third-order valence-corrected chi connectivity index (χ3v) is 5.01. The van der Waals surface area contributed by atoms with Crippen LogP contribution >= 0.6 is 0 Å². The molecule has 0 heterocycles. The first-order chi connectivity index (χ1) is 10.1. The van der Waals surface area contributed by atoms with Crippen LogP contribution < -0.4 is 4.72 Å². The van der Waals surface area contributed by atoms with Crippen molar-refractivity contribution < 1.29 is 13.2 Å². The fourth-order valence-electron chi connectivity index (χ4n) is 2.19. The van der Waals surface area contributed by atoms with Gasteiger partial charge in [0, 0.05) is 26.1 Å². The van der Waals surface area contributed by atoms with Crippen molar-refractivity contribution in [3.8, 4) is 0 Å². The Labute approximate surface area is 133 Å². The molecule has 5 nitrogen and oxygen atoms in total. The number of nitrogens with zero attached hydrogens (tertiary/aromatic N) is 1. The summed E-state index contributed by atoms with van der Waals surface area (Å²) in [5.41, 5.74) is 1.10. The van der Waals surface area contributed by atoms with E-state index in [1.165, 1.54) is 6.92 Å². The predicted molar refractivity (Wildman–Crippen MR) is 88.2 cm³/mol. The molecule has 124 valence electrons. The lowest BCUT2D eigenvalue weighted by atomic mass is 10.0. The molecule has 6 heteroatoms. The van der Waals surface area contributed by atoms with E-state index in [1.54, 1.807) is 17.0 Å². The van der Waals surface area contributed by atoms with Gasteiger partial charge in [0.25, 0.3) is 0 Å². The van der Waals surface area contributed by atoms with Crippen LogP contribution in [-0.4, -0.2) is 38.4 Å². The molecule has 1 aromatic carbocycles. The number of rotatable bonds is 7. The monoisotopic (exact) mass is 326 g/mol. The van der Waals surface area contributed by atoms with Gasteiger partial charge in [-0.3, -0.25) is 4.79 Å². The molecule has 0 radical (unpaired) electrons. The highest BCUT2D eigenvalue weighted by atomic mass is 32.2. The molecule has 0 aliphatic carbocycles. The summed E-state index contributed by atoms with van der Waals surface area (Å²) in [7, 11) is -3.54. The molecule has 1 aromatic rings. The third-order valence-electron chi connectivity index (χ3n) is 3.53. The topological polar surface area (TPSA) is 66.5 Å². The van der Waals surface area contributed by atoms with Gasteiger partial charge in [0.05, 0.1) is 4.90 Å². The number of hydrogen-bond donors (Lipinski definition) is 1. The molecule has 1 rings (SSSR count). The first-order valence-corrected chi connectivity index (χ1v) is 9.00. The molecule has 0 fully saturated rings. The molecule has 0 unspecified atom stereocenters. The quantitative estimate of drug-likeness (QED) is 0.836. The van der Waals surface area contributed by atoms with E-state index in [-0.39, 0.29) is 23.4 Å². The van der Waals surface area contributed by atoms with Crippen molar-refractivity contribution in [3.05, 3.63) is 29.8 Å². The molecule has 22 heavy (non-hydrogen) atoms. The van der Waals surface area contributed by atoms with Crippen molar-refractivity contribution in [1.29, 1.82) is 0 Å². The molecule has 0 aliphatic heterocycles. The fraction of sp³-hybridized carbons (Fsp3) is 0.562. The number of nitrogens with one attached hydrogen (secondary N) is 1. The van der Waals surface area contributed by atoms with Crippen LogP contribution in [0.15, 0.2) is 29.2 Å². The van der Waals surface area contributed by atoms with Gasteiger partial charge < -0.3 is 4.90 Å². The van der Waals surface area contributed by atoms with E-state index in [2.05, 4.69) is 18.6 Å². The maximum atomic E-state index is 12.2. The maximum absolute atomic E-state index is 12.2. The molecule has 0 bridgehead atoms. The zero-order valence-electron chi connectivity index (χ0n) is 14.0. The van der Waals surface area contributed by atoms with Gasteiger partial charge in [0.2, 0.25) is 15.9 Å². The summed E-state index contributed by atoms with van der Waals surface area (Å²) in [6.07, 6.45) is 0. The summed E-state index contributed by atoms with van der Waals surface area (Å²) >= 11 is 0. The zero-order valence-corrected chi connectivity index (χ0v) is 14.8. The molecule has 0 saturated carbocycles. The van der Waals surface area contributed by atoms with Crippen LogP contribution in [0.2, 0.25) is 0 Å². The highest BCUT2D eigenvalue weighted by Crippen LogP contribution is 2.17. The molecule has 0 aliphatic rings. The van der Waals surface area contributed by atoms with E-state index in [0.29, 0.717) is 12.5 Å². The molecule has 0 atom stereocenters. The minimum atomic E-state index is -3.54. The van der Waals surface area contributed by atoms with E-state index in [1.807, 2.05) is 26.0 Å². The Morgan fingerprint density at radius 2 is 1.68 bits per heavy atom. The Morgan fingerprint density at radius 3 is 2.09 bits per heavy atom. The summed E-state index contributed by atoms with van der Waals surface area (Å²) in [4.78, 5) is 13.3. The largest absolute Gasteiger partial charge is 0.339 e. The van der Waals surface area contributed by atoms with Gasteiger partial charge in [-0.2, -0.15) is 0 Å². The van der Waals surface area contributed by atoms with Gasteiger partial charge in [0.15, 0.2) is 0 Å². The molecule has 0 saturated heterocycles. The van der Waals surface area contributed by atoms with Crippen molar-refractivity contribution in [3.63, 3.8) is 0 Å². The second-order valence-corrected chi connectivity index (χ2v) is 7.69. The lowest BCUT2D eigenvalue weighted by molar-refractivity contribution is -0.130. The lowest BCUT2D eigenvalue weighted by Gasteiger charge is -2.25. The molecule has 0 aromatic heterocycles. The van der Waals surface area contributed by atoms with E-state index in [9.17, 15) is 13.2 Å². The summed E-state index contributed by atoms with van der Waals surface area (Å²) in [5, 5.41) is 0. The number of carbonyl (C=O) groups excluding carboxylic acids is 1. The average Bonchev–Trinajstić information content (AvgIpc) is 2.42. The SMILES string of the molecule is CC(=O)N(CCNS(=O)(=O)c1ccc(C(C)C)cc1)C(C)C. The summed E-state index contributed by atoms with van der Waals surface area (Å²) < 4.78 is 27.0. The average molecular weight is 326 g/mol. The summed E-state index contributed by atoms with van der Waals surface area (Å²) in [6, 6.07) is 6.93. The van der Waals surface area contributed by atoms with Gasteiger partial charge in [-0.25, -0.2) is 13.1 Å². The summed E-state index contributed by atoms with van der Waals surface area (Å²) in [5.74, 6) is 0.301. The van der Waals surface area contributed by atoms with Crippen molar-refractivity contribution in [2.75, 3.05) is 13.1 Å². The van der Waals surface area contributed by atoms with Gasteiger partial charge in [-0.15, -0.1) is 0 Å². The van der Waals surface area contributed by atoms with E-state index in [4.69, 9.17) is 0 Å². The van der Waals surface area contributed by atoms with Gasteiger partial charge >= 0.3 is 0 Å². The number of carbonyl (C=O) groups is 1. The smallest absolute Gasteiger partial charge is 0.240 e. The third kappa shape index (κ3) is 5.10. The Bertz CT molecular complexity index is 592. The number of amides is 1. The van der Waals surface area contributed by atoms with E-state index >= 15 is 0 Å². The van der Waals surface area contributed by atoms with E-state index in [0.717, 1.165) is 5.56 Å². The molecule has 1 amide bonds. The van der Waals surface area contributed by atoms with Crippen molar-refractivity contribution >= 4 is 15.9 Å². The van der Waals surface area contributed by atoms with Crippen LogP contribution in [0.4, 0.5) is 0 Å². The van der Waals surface area contributed by atoms with Crippen LogP contribution in [0.3, 0.4) is 0 Å². The molecular formula is C16H26N2O3S. The first-order valence-electron chi connectivity index (χ1n) is 7.52. The predicted octanol–water partition coefficient (Wildman–Crippen LogP) is 2.35. The minimum absolute atomic E-state index is 0.0485. The highest BCUT2D eigenvalue weighted by Gasteiger charge is 2.16. The second kappa shape index (κ2) is 7.74. The zero-order chi connectivity index (χ0) is 16.9. The summed E-state index contributed by atoms with van der Waals surface area (Å²) in [6.45, 7) is 9.97. The van der Waals surface area contributed by atoms with Crippen molar-refractivity contribution in [2.45, 2.75) is 51.5 Å². The van der Waals surface area contributed by atoms with Gasteiger partial charge in [0.1, 0.15) is 0 Å². The Balaban J connectivity index is 2.69. The molecule has 1 N–H and O–H groups in total. The van der Waals surface area contributed by atoms with Crippen LogP contribution in [0.5, 0.6) is 0 Å². The molecule has 0 spiro atoms. The Morgan fingerprint density at radius 1 is 1.14 bits per heavy atom. The highest BCUT2D eigenvalue weighted by molar-refractivity contribution is 7.89. The van der Waals surface area contributed by atoms with Crippen LogP contribution in [-0.2, 0) is 14.8 Å². The number of hydrogen-bond acceptors (Lipinski definition) is 3. The Kier molecular flexibility index (Phi) is 6.56. The molecular weight excluding hydrogens is 300 g/mol. The maximum Gasteiger partial charge on any atom is 0.240 e. The minimum Gasteiger partial charge on any atom is -0.339 e. The van der Waals surface area contributed by atoms with Crippen LogP contribution in [0.1, 0.15) is 46.1 Å². The van der Waals surface area contributed by atoms with Crippen LogP contribution in [0, 0.1) is 0 Å². The van der Waals surface area contributed by atoms with Crippen LogP contribution in [0.25, 0.3) is 0 Å². The first kappa shape index (κ1) is 18.6. The number of benzene rings is 1.